The number of benzene rings is 1. The van der Waals surface area contributed by atoms with Crippen molar-refractivity contribution >= 4 is 27.4 Å². The first kappa shape index (κ1) is 11.1. The molecule has 0 saturated heterocycles. The number of nitrogens with zero attached hydrogens (tertiary/aromatic N) is 1. The third-order valence-corrected chi connectivity index (χ3v) is 3.18. The van der Waals surface area contributed by atoms with Gasteiger partial charge in [-0.25, -0.2) is 4.98 Å². The van der Waals surface area contributed by atoms with Crippen LogP contribution in [0.2, 0.25) is 0 Å². The first-order valence-corrected chi connectivity index (χ1v) is 6.14. The third kappa shape index (κ3) is 2.22. The fraction of sp³-hybridized carbons (Fsp3) is 0.333. The highest BCUT2D eigenvalue weighted by atomic mass is 32.1. The Hall–Kier alpha value is -1.42. The van der Waals surface area contributed by atoms with E-state index in [4.69, 9.17) is 5.73 Å². The SMILES string of the molecule is Cc1nc2ccc(C(N)=[NH+]C(C)C)cc2s1. The lowest BCUT2D eigenvalue weighted by Crippen LogP contribution is -2.80. The minimum absolute atomic E-state index is 0.346. The molecule has 2 aromatic rings. The highest BCUT2D eigenvalue weighted by Crippen LogP contribution is 2.22. The first-order valence-electron chi connectivity index (χ1n) is 5.33. The smallest absolute Gasteiger partial charge is 0.273 e. The maximum atomic E-state index is 5.98. The van der Waals surface area contributed by atoms with Gasteiger partial charge in [-0.2, -0.15) is 0 Å². The summed E-state index contributed by atoms with van der Waals surface area (Å²) in [6.07, 6.45) is 0. The van der Waals surface area contributed by atoms with Crippen LogP contribution in [0.25, 0.3) is 10.2 Å². The van der Waals surface area contributed by atoms with E-state index in [0.29, 0.717) is 6.04 Å². The zero-order valence-electron chi connectivity index (χ0n) is 9.74. The van der Waals surface area contributed by atoms with Crippen LogP contribution in [-0.4, -0.2) is 16.9 Å². The number of nitrogens with two attached hydrogens (primary N) is 1. The minimum Gasteiger partial charge on any atom is -0.287 e. The van der Waals surface area contributed by atoms with Gasteiger partial charge in [0.05, 0.1) is 26.8 Å². The predicted molar refractivity (Wildman–Crippen MR) is 68.8 cm³/mol. The summed E-state index contributed by atoms with van der Waals surface area (Å²) in [6, 6.07) is 6.46. The zero-order valence-corrected chi connectivity index (χ0v) is 10.6. The maximum absolute atomic E-state index is 5.98. The Bertz CT molecular complexity index is 540. The van der Waals surface area contributed by atoms with Crippen LogP contribution in [0.1, 0.15) is 24.4 Å². The topological polar surface area (TPSA) is 52.9 Å². The van der Waals surface area contributed by atoms with Crippen LogP contribution in [0.3, 0.4) is 0 Å². The van der Waals surface area contributed by atoms with E-state index >= 15 is 0 Å². The molecule has 0 amide bonds. The lowest BCUT2D eigenvalue weighted by molar-refractivity contribution is -0.493. The second-order valence-corrected chi connectivity index (χ2v) is 5.36. The van der Waals surface area contributed by atoms with Crippen molar-refractivity contribution in [2.75, 3.05) is 0 Å². The lowest BCUT2D eigenvalue weighted by atomic mass is 10.2. The molecule has 0 radical (unpaired) electrons. The number of aryl methyl sites for hydroxylation is 1. The summed E-state index contributed by atoms with van der Waals surface area (Å²) in [4.78, 5) is 7.63. The molecule has 0 bridgehead atoms. The zero-order chi connectivity index (χ0) is 11.7. The van der Waals surface area contributed by atoms with E-state index in [1.165, 1.54) is 4.70 Å². The van der Waals surface area contributed by atoms with Gasteiger partial charge in [0.1, 0.15) is 0 Å². The molecule has 0 aliphatic carbocycles. The molecule has 0 fully saturated rings. The Morgan fingerprint density at radius 1 is 1.44 bits per heavy atom. The van der Waals surface area contributed by atoms with Gasteiger partial charge >= 0.3 is 0 Å². The van der Waals surface area contributed by atoms with E-state index in [0.717, 1.165) is 21.9 Å². The minimum atomic E-state index is 0.346. The van der Waals surface area contributed by atoms with Crippen molar-refractivity contribution in [2.24, 2.45) is 5.73 Å². The van der Waals surface area contributed by atoms with Gasteiger partial charge in [0, 0.05) is 0 Å². The van der Waals surface area contributed by atoms with Crippen LogP contribution in [0.5, 0.6) is 0 Å². The summed E-state index contributed by atoms with van der Waals surface area (Å²) in [5, 5.41) is 1.09. The molecule has 0 spiro atoms. The Morgan fingerprint density at radius 3 is 2.88 bits per heavy atom. The lowest BCUT2D eigenvalue weighted by Gasteiger charge is -1.98. The molecule has 0 saturated carbocycles. The van der Waals surface area contributed by atoms with Gasteiger partial charge in [-0.1, -0.05) is 0 Å². The van der Waals surface area contributed by atoms with Crippen molar-refractivity contribution in [2.45, 2.75) is 26.8 Å². The Balaban J connectivity index is 2.46. The third-order valence-electron chi connectivity index (χ3n) is 2.25. The number of amidine groups is 1. The quantitative estimate of drug-likeness (QED) is 0.596. The van der Waals surface area contributed by atoms with E-state index in [2.05, 4.69) is 29.9 Å². The van der Waals surface area contributed by atoms with Crippen LogP contribution in [0.4, 0.5) is 0 Å². The molecular formula is C12H16N3S+. The first-order chi connectivity index (χ1) is 7.56. The van der Waals surface area contributed by atoms with Crippen LogP contribution in [-0.2, 0) is 0 Å². The summed E-state index contributed by atoms with van der Waals surface area (Å²) in [6.45, 7) is 6.16. The molecule has 3 nitrogen and oxygen atoms in total. The van der Waals surface area contributed by atoms with Crippen molar-refractivity contribution in [3.05, 3.63) is 28.8 Å². The molecule has 3 N–H and O–H groups in total. The molecule has 2 rings (SSSR count). The summed E-state index contributed by atoms with van der Waals surface area (Å²) < 4.78 is 1.18. The number of nitrogen functional groups attached to an aromatic ring is 1. The number of aromatic nitrogens is 1. The number of thiazole rings is 1. The van der Waals surface area contributed by atoms with Gasteiger partial charge in [0.25, 0.3) is 5.84 Å². The van der Waals surface area contributed by atoms with Crippen LogP contribution >= 0.6 is 11.3 Å². The Labute approximate surface area is 99.0 Å². The molecule has 1 aromatic carbocycles. The fourth-order valence-corrected chi connectivity index (χ4v) is 2.47. The number of fused-ring (bicyclic) bond motifs is 1. The molecule has 1 aromatic heterocycles. The molecule has 1 heterocycles. The van der Waals surface area contributed by atoms with Gasteiger partial charge in [-0.15, -0.1) is 11.3 Å². The Kier molecular flexibility index (Phi) is 2.92. The predicted octanol–water partition coefficient (Wildman–Crippen LogP) is 0.799. The highest BCUT2D eigenvalue weighted by molar-refractivity contribution is 7.18. The second-order valence-electron chi connectivity index (χ2n) is 4.13. The molecular weight excluding hydrogens is 218 g/mol. The monoisotopic (exact) mass is 234 g/mol. The van der Waals surface area contributed by atoms with Gasteiger partial charge in [-0.3, -0.25) is 10.7 Å². The standard InChI is InChI=1S/C12H15N3S/c1-7(2)14-12(13)9-4-5-10-11(6-9)16-8(3)15-10/h4-7H,1-3H3,(H2,13,14)/p+1. The number of hydrogen-bond acceptors (Lipinski definition) is 2. The maximum Gasteiger partial charge on any atom is 0.273 e. The molecule has 84 valence electrons. The Morgan fingerprint density at radius 2 is 2.19 bits per heavy atom. The number of rotatable bonds is 2. The van der Waals surface area contributed by atoms with Crippen molar-refractivity contribution in [1.29, 1.82) is 0 Å². The molecule has 0 aliphatic heterocycles. The number of nitrogens with one attached hydrogen (secondary N) is 1. The summed E-state index contributed by atoms with van der Waals surface area (Å²) in [7, 11) is 0. The summed E-state index contributed by atoms with van der Waals surface area (Å²) in [5.74, 6) is 0.725. The van der Waals surface area contributed by atoms with Gasteiger partial charge in [0.15, 0.2) is 0 Å². The molecule has 0 aliphatic rings. The van der Waals surface area contributed by atoms with Crippen molar-refractivity contribution in [3.8, 4) is 0 Å². The average molecular weight is 234 g/mol. The largest absolute Gasteiger partial charge is 0.287 e. The van der Waals surface area contributed by atoms with Crippen molar-refractivity contribution in [1.82, 2.24) is 4.98 Å². The normalized spacial score (nSPS) is 12.6. The van der Waals surface area contributed by atoms with Crippen LogP contribution < -0.4 is 10.7 Å². The highest BCUT2D eigenvalue weighted by Gasteiger charge is 2.08. The molecule has 16 heavy (non-hydrogen) atoms. The second kappa shape index (κ2) is 4.22. The summed E-state index contributed by atoms with van der Waals surface area (Å²) >= 11 is 1.69. The van der Waals surface area contributed by atoms with E-state index in [1.54, 1.807) is 11.3 Å². The van der Waals surface area contributed by atoms with Crippen LogP contribution in [0, 0.1) is 6.92 Å². The van der Waals surface area contributed by atoms with Gasteiger partial charge in [0.2, 0.25) is 0 Å². The fourth-order valence-electron chi connectivity index (χ4n) is 1.60. The van der Waals surface area contributed by atoms with Crippen molar-refractivity contribution < 1.29 is 4.99 Å². The molecule has 0 unspecified atom stereocenters. The van der Waals surface area contributed by atoms with E-state index in [1.807, 2.05) is 19.1 Å². The van der Waals surface area contributed by atoms with Crippen LogP contribution in [0.15, 0.2) is 18.2 Å². The van der Waals surface area contributed by atoms with Gasteiger partial charge < -0.3 is 0 Å². The summed E-state index contributed by atoms with van der Waals surface area (Å²) in [5.41, 5.74) is 8.06. The molecule has 4 heteroatoms. The van der Waals surface area contributed by atoms with E-state index in [9.17, 15) is 0 Å². The van der Waals surface area contributed by atoms with Crippen molar-refractivity contribution in [3.63, 3.8) is 0 Å². The average Bonchev–Trinajstić information content (AvgIpc) is 2.55. The van der Waals surface area contributed by atoms with Gasteiger partial charge in [-0.05, 0) is 39.0 Å². The number of hydrogen-bond donors (Lipinski definition) is 2. The van der Waals surface area contributed by atoms with E-state index < -0.39 is 0 Å². The van der Waals surface area contributed by atoms with E-state index in [-0.39, 0.29) is 0 Å². The molecule has 0 atom stereocenters.